The van der Waals surface area contributed by atoms with E-state index in [2.05, 4.69) is 10.4 Å². The van der Waals surface area contributed by atoms with E-state index in [1.807, 2.05) is 32.0 Å². The Balaban J connectivity index is 1.33. The summed E-state index contributed by atoms with van der Waals surface area (Å²) in [5, 5.41) is 7.26. The number of benzene rings is 1. The van der Waals surface area contributed by atoms with Gasteiger partial charge in [-0.2, -0.15) is 5.10 Å². The fraction of sp³-hybridized carbons (Fsp3) is 0.429. The first-order valence-corrected chi connectivity index (χ1v) is 13.0. The topological polar surface area (TPSA) is 119 Å². The Morgan fingerprint density at radius 3 is 2.49 bits per heavy atom. The fourth-order valence-electron chi connectivity index (χ4n) is 4.28. The van der Waals surface area contributed by atoms with Gasteiger partial charge < -0.3 is 29.0 Å². The average Bonchev–Trinajstić information content (AvgIpc) is 3.55. The van der Waals surface area contributed by atoms with Crippen LogP contribution in [0.3, 0.4) is 0 Å². The smallest absolute Gasteiger partial charge is 0.409 e. The number of hydrogen-bond acceptors (Lipinski definition) is 7. The molecule has 0 spiro atoms. The molecule has 1 aliphatic heterocycles. The van der Waals surface area contributed by atoms with Crippen molar-refractivity contribution < 1.29 is 28.3 Å². The van der Waals surface area contributed by atoms with Gasteiger partial charge in [-0.3, -0.25) is 14.3 Å². The van der Waals surface area contributed by atoms with Gasteiger partial charge in [-0.15, -0.1) is 0 Å². The highest BCUT2D eigenvalue weighted by molar-refractivity contribution is 6.02. The van der Waals surface area contributed by atoms with Gasteiger partial charge in [0.1, 0.15) is 24.2 Å². The lowest BCUT2D eigenvalue weighted by molar-refractivity contribution is -0.136. The highest BCUT2D eigenvalue weighted by Gasteiger charge is 2.29. The molecular weight excluding hydrogens is 502 g/mol. The van der Waals surface area contributed by atoms with Crippen molar-refractivity contribution in [2.75, 3.05) is 38.1 Å². The van der Waals surface area contributed by atoms with Crippen molar-refractivity contribution in [2.45, 2.75) is 47.3 Å². The van der Waals surface area contributed by atoms with Crippen LogP contribution in [0.5, 0.6) is 5.75 Å². The van der Waals surface area contributed by atoms with Crippen molar-refractivity contribution in [2.24, 2.45) is 0 Å². The van der Waals surface area contributed by atoms with Crippen LogP contribution in [0.1, 0.15) is 53.0 Å². The quantitative estimate of drug-likeness (QED) is 0.460. The molecule has 208 valence electrons. The van der Waals surface area contributed by atoms with Crippen molar-refractivity contribution in [3.05, 3.63) is 64.9 Å². The first-order valence-electron chi connectivity index (χ1n) is 13.0. The molecule has 1 saturated heterocycles. The number of nitrogens with zero attached hydrogens (tertiary/aromatic N) is 4. The van der Waals surface area contributed by atoms with Crippen LogP contribution < -0.4 is 10.1 Å². The van der Waals surface area contributed by atoms with E-state index in [0.29, 0.717) is 49.9 Å². The number of ether oxygens (including phenoxy) is 2. The normalized spacial score (nSPS) is 14.2. The highest BCUT2D eigenvalue weighted by Crippen LogP contribution is 2.22. The lowest BCUT2D eigenvalue weighted by Crippen LogP contribution is -2.52. The summed E-state index contributed by atoms with van der Waals surface area (Å²) in [4.78, 5) is 41.2. The molecule has 39 heavy (non-hydrogen) atoms. The molecule has 3 amide bonds. The molecule has 11 heteroatoms. The summed E-state index contributed by atoms with van der Waals surface area (Å²) in [7, 11) is 0. The number of anilines is 1. The Labute approximate surface area is 227 Å². The molecule has 1 N–H and O–H groups in total. The molecule has 0 aliphatic carbocycles. The van der Waals surface area contributed by atoms with Crippen LogP contribution in [0.25, 0.3) is 0 Å². The summed E-state index contributed by atoms with van der Waals surface area (Å²) in [6, 6.07) is 8.70. The van der Waals surface area contributed by atoms with Crippen LogP contribution >= 0.6 is 0 Å². The van der Waals surface area contributed by atoms with Crippen LogP contribution in [0.2, 0.25) is 0 Å². The summed E-state index contributed by atoms with van der Waals surface area (Å²) in [6.45, 7) is 11.4. The number of carbonyl (C=O) groups excluding carboxylic acids is 3. The highest BCUT2D eigenvalue weighted by atomic mass is 16.6. The second kappa shape index (κ2) is 12.1. The van der Waals surface area contributed by atoms with Gasteiger partial charge in [0.25, 0.3) is 5.91 Å². The maximum atomic E-state index is 13.1. The zero-order valence-electron chi connectivity index (χ0n) is 23.0. The average molecular weight is 538 g/mol. The van der Waals surface area contributed by atoms with Gasteiger partial charge in [-0.25, -0.2) is 4.79 Å². The largest absolute Gasteiger partial charge is 0.485 e. The van der Waals surface area contributed by atoms with Crippen molar-refractivity contribution in [3.63, 3.8) is 0 Å². The molecule has 0 bridgehead atoms. The molecule has 2 aromatic heterocycles. The number of amides is 3. The van der Waals surface area contributed by atoms with Gasteiger partial charge in [-0.1, -0.05) is 12.1 Å². The lowest BCUT2D eigenvalue weighted by Gasteiger charge is -2.35. The van der Waals surface area contributed by atoms with Crippen molar-refractivity contribution in [3.8, 4) is 5.75 Å². The third-order valence-electron chi connectivity index (χ3n) is 6.64. The fourth-order valence-corrected chi connectivity index (χ4v) is 4.28. The number of hydrogen-bond donors (Lipinski definition) is 1. The van der Waals surface area contributed by atoms with E-state index in [1.165, 1.54) is 4.68 Å². The number of carbonyl (C=O) groups is 3. The van der Waals surface area contributed by atoms with Gasteiger partial charge >= 0.3 is 6.09 Å². The second-order valence-electron chi connectivity index (χ2n) is 9.57. The third kappa shape index (κ3) is 6.60. The summed E-state index contributed by atoms with van der Waals surface area (Å²) < 4.78 is 18.1. The Hall–Kier alpha value is -4.28. The summed E-state index contributed by atoms with van der Waals surface area (Å²) in [5.41, 5.74) is 3.17. The number of nitrogens with one attached hydrogen (secondary N) is 1. The number of piperazine rings is 1. The van der Waals surface area contributed by atoms with Crippen LogP contribution in [-0.2, 0) is 16.1 Å². The third-order valence-corrected chi connectivity index (χ3v) is 6.64. The first-order chi connectivity index (χ1) is 18.7. The maximum Gasteiger partial charge on any atom is 0.409 e. The molecule has 1 aromatic carbocycles. The van der Waals surface area contributed by atoms with Gasteiger partial charge in [0.2, 0.25) is 5.91 Å². The maximum absolute atomic E-state index is 13.1. The monoisotopic (exact) mass is 537 g/mol. The summed E-state index contributed by atoms with van der Waals surface area (Å²) >= 11 is 0. The molecule has 0 radical (unpaired) electrons. The van der Waals surface area contributed by atoms with Crippen LogP contribution in [0.15, 0.2) is 40.9 Å². The minimum Gasteiger partial charge on any atom is -0.485 e. The molecule has 4 rings (SSSR count). The van der Waals surface area contributed by atoms with E-state index in [1.54, 1.807) is 48.9 Å². The SMILES string of the molecule is CCOC(=O)N1CCN(C(=O)C(C)n2cc(NC(=O)c3ccc(COc4cc(C)ccc4C)o3)c(C)n2)CC1. The Bertz CT molecular complexity index is 1340. The molecule has 11 nitrogen and oxygen atoms in total. The minimum atomic E-state index is -0.582. The molecule has 3 heterocycles. The number of rotatable bonds is 8. The standard InChI is InChI=1S/C28H35N5O6/c1-6-37-28(36)32-13-11-31(12-14-32)27(35)21(5)33-16-23(20(4)30-33)29-26(34)24-10-9-22(39-24)17-38-25-15-18(2)7-8-19(25)3/h7-10,15-16,21H,6,11-14,17H2,1-5H3,(H,29,34). The molecule has 1 unspecified atom stereocenters. The Morgan fingerprint density at radius 1 is 1.05 bits per heavy atom. The van der Waals surface area contributed by atoms with Gasteiger partial charge in [0.15, 0.2) is 5.76 Å². The second-order valence-corrected chi connectivity index (χ2v) is 9.57. The van der Waals surface area contributed by atoms with Crippen molar-refractivity contribution in [1.29, 1.82) is 0 Å². The number of aryl methyl sites for hydroxylation is 3. The predicted octanol–water partition coefficient (Wildman–Crippen LogP) is 4.09. The molecule has 1 fully saturated rings. The Morgan fingerprint density at radius 2 is 1.77 bits per heavy atom. The van der Waals surface area contributed by atoms with E-state index in [0.717, 1.165) is 16.9 Å². The van der Waals surface area contributed by atoms with E-state index in [4.69, 9.17) is 13.9 Å². The van der Waals surface area contributed by atoms with Crippen molar-refractivity contribution >= 4 is 23.6 Å². The van der Waals surface area contributed by atoms with Crippen molar-refractivity contribution in [1.82, 2.24) is 19.6 Å². The zero-order valence-corrected chi connectivity index (χ0v) is 23.0. The molecule has 1 atom stereocenters. The van der Waals surface area contributed by atoms with Gasteiger partial charge in [0.05, 0.1) is 18.0 Å². The van der Waals surface area contributed by atoms with Gasteiger partial charge in [-0.05, 0) is 63.9 Å². The number of aromatic nitrogens is 2. The van der Waals surface area contributed by atoms with E-state index in [-0.39, 0.29) is 24.4 Å². The van der Waals surface area contributed by atoms with E-state index in [9.17, 15) is 14.4 Å². The van der Waals surface area contributed by atoms with Crippen LogP contribution in [-0.4, -0.2) is 70.3 Å². The Kier molecular flexibility index (Phi) is 8.58. The lowest BCUT2D eigenvalue weighted by atomic mass is 10.1. The molecular formula is C28H35N5O6. The minimum absolute atomic E-state index is 0.113. The van der Waals surface area contributed by atoms with E-state index >= 15 is 0 Å². The molecule has 3 aromatic rings. The molecule has 1 aliphatic rings. The predicted molar refractivity (Wildman–Crippen MR) is 144 cm³/mol. The summed E-state index contributed by atoms with van der Waals surface area (Å²) in [5.74, 6) is 0.897. The zero-order chi connectivity index (χ0) is 28.1. The van der Waals surface area contributed by atoms with Crippen LogP contribution in [0, 0.1) is 20.8 Å². The summed E-state index contributed by atoms with van der Waals surface area (Å²) in [6.07, 6.45) is 1.27. The molecule has 0 saturated carbocycles. The van der Waals surface area contributed by atoms with E-state index < -0.39 is 11.9 Å². The van der Waals surface area contributed by atoms with Crippen LogP contribution in [0.4, 0.5) is 10.5 Å². The van der Waals surface area contributed by atoms with Gasteiger partial charge in [0, 0.05) is 32.4 Å². The first kappa shape index (κ1) is 27.7. The number of furan rings is 1.